The molecule has 0 spiro atoms. The van der Waals surface area contributed by atoms with Crippen molar-refractivity contribution in [3.63, 3.8) is 0 Å². The maximum Gasteiger partial charge on any atom is 0.349 e. The Hall–Kier alpha value is -6.54. The van der Waals surface area contributed by atoms with Crippen molar-refractivity contribution < 1.29 is 47.3 Å². The van der Waals surface area contributed by atoms with Crippen LogP contribution in [0.15, 0.2) is 95.4 Å². The fourth-order valence-corrected chi connectivity index (χ4v) is 14.2. The van der Waals surface area contributed by atoms with E-state index in [0.29, 0.717) is 46.7 Å². The molecule has 3 saturated heterocycles. The van der Waals surface area contributed by atoms with E-state index in [4.69, 9.17) is 26.5 Å². The SMILES string of the molecule is CC1(C)CC(Nc2cccc(-c3sc(C(=O)O)c(OCC(=O)O)c3Cl)c2)CCN1S(=O)(=O)CC1=CC2C=C(N3CCC(c4ccc5c6c(cccc46)C(=O)N5C4CCC(=O)NC4=O)CC3)C=NN2C=C1. The lowest BCUT2D eigenvalue weighted by molar-refractivity contribution is -0.139. The number of carbonyl (C=O) groups is 5. The van der Waals surface area contributed by atoms with E-state index < -0.39 is 46.1 Å². The molecule has 3 aromatic carbocycles. The quantitative estimate of drug-likeness (QED) is 0.0992. The van der Waals surface area contributed by atoms with Crippen LogP contribution in [0.2, 0.25) is 5.02 Å². The van der Waals surface area contributed by atoms with Crippen LogP contribution in [0.4, 0.5) is 11.4 Å². The van der Waals surface area contributed by atoms with Crippen LogP contribution >= 0.6 is 22.9 Å². The molecule has 20 heteroatoms. The minimum Gasteiger partial charge on any atom is -0.479 e. The molecule has 7 heterocycles. The average Bonchev–Trinajstić information content (AvgIpc) is 3.81. The maximum atomic E-state index is 14.2. The number of fused-ring (bicyclic) bond motifs is 1. The van der Waals surface area contributed by atoms with Crippen molar-refractivity contribution in [3.8, 4) is 16.2 Å². The summed E-state index contributed by atoms with van der Waals surface area (Å²) in [6.45, 7) is 4.96. The van der Waals surface area contributed by atoms with Gasteiger partial charge >= 0.3 is 11.9 Å². The zero-order chi connectivity index (χ0) is 49.2. The number of nitrogens with zero attached hydrogens (tertiary/aromatic N) is 5. The molecule has 17 nitrogen and oxygen atoms in total. The van der Waals surface area contributed by atoms with E-state index in [2.05, 4.69) is 27.7 Å². The van der Waals surface area contributed by atoms with Crippen molar-refractivity contribution in [3.05, 3.63) is 111 Å². The molecule has 0 aliphatic carbocycles. The highest BCUT2D eigenvalue weighted by Gasteiger charge is 2.43. The molecule has 3 amide bonds. The van der Waals surface area contributed by atoms with Crippen LogP contribution in [0, 0.1) is 0 Å². The molecule has 0 saturated carbocycles. The Balaban J connectivity index is 0.771. The summed E-state index contributed by atoms with van der Waals surface area (Å²) >= 11 is 7.44. The highest BCUT2D eigenvalue weighted by Crippen LogP contribution is 2.47. The second-order valence-electron chi connectivity index (χ2n) is 19.0. The molecule has 4 aromatic rings. The minimum absolute atomic E-state index is 0.0109. The third-order valence-electron chi connectivity index (χ3n) is 14.0. The first kappa shape index (κ1) is 47.2. The van der Waals surface area contributed by atoms with Gasteiger partial charge in [-0.2, -0.15) is 9.41 Å². The predicted molar refractivity (Wildman–Crippen MR) is 266 cm³/mol. The first-order chi connectivity index (χ1) is 33.5. The van der Waals surface area contributed by atoms with Crippen molar-refractivity contribution in [2.24, 2.45) is 5.10 Å². The number of rotatable bonds is 13. The number of nitrogens with one attached hydrogen (secondary N) is 2. The van der Waals surface area contributed by atoms with Gasteiger partial charge in [0.1, 0.15) is 11.1 Å². The van der Waals surface area contributed by atoms with Gasteiger partial charge in [-0.3, -0.25) is 29.6 Å². The molecule has 70 heavy (non-hydrogen) atoms. The number of halogens is 1. The number of hydrogen-bond acceptors (Lipinski definition) is 13. The number of imide groups is 1. The number of ether oxygens (including phenoxy) is 1. The van der Waals surface area contributed by atoms with Gasteiger partial charge in [-0.15, -0.1) is 11.3 Å². The summed E-state index contributed by atoms with van der Waals surface area (Å²) in [6, 6.07) is 16.0. The lowest BCUT2D eigenvalue weighted by Gasteiger charge is -2.45. The van der Waals surface area contributed by atoms with Gasteiger partial charge in [0.15, 0.2) is 17.2 Å². The largest absolute Gasteiger partial charge is 0.479 e. The van der Waals surface area contributed by atoms with Gasteiger partial charge in [-0.05, 0) is 110 Å². The highest BCUT2D eigenvalue weighted by molar-refractivity contribution is 7.89. The third kappa shape index (κ3) is 8.84. The topological polar surface area (TPSA) is 219 Å². The monoisotopic (exact) mass is 1010 g/mol. The molecule has 3 fully saturated rings. The van der Waals surface area contributed by atoms with E-state index >= 15 is 0 Å². The number of carboxylic acid groups (broad SMARTS) is 2. The predicted octanol–water partition coefficient (Wildman–Crippen LogP) is 7.02. The summed E-state index contributed by atoms with van der Waals surface area (Å²) in [4.78, 5) is 65.6. The summed E-state index contributed by atoms with van der Waals surface area (Å²) in [5.74, 6) is -3.68. The van der Waals surface area contributed by atoms with E-state index in [9.17, 15) is 37.5 Å². The molecule has 364 valence electrons. The Morgan fingerprint density at radius 3 is 2.53 bits per heavy atom. The van der Waals surface area contributed by atoms with E-state index in [1.165, 1.54) is 0 Å². The second-order valence-corrected chi connectivity index (χ2v) is 22.3. The molecular formula is C50H50ClN7O10S2. The standard InChI is InChI=1S/C50H50ClN7O10S2/c1-50(2)24-32(53-31-6-3-5-30(22-31)45-43(51)44(68-26-41(60)61)46(69-45)49(64)65)16-20-57(50)70(66,67)27-28-13-19-56-33(21-28)23-34(25-52-56)55-17-14-29(15-18-55)35-9-10-38-42-36(35)7-4-8-37(42)48(63)58(38)39-11-12-40(59)54-47(39)62/h3-10,13,19,21-23,25,29,32-33,39,53H,11-12,14-18,20,24,26-27H2,1-2H3,(H,60,61)(H,64,65)(H,54,59,62). The Kier molecular flexibility index (Phi) is 12.3. The fraction of sp³-hybridized carbons (Fsp3) is 0.360. The number of anilines is 2. The van der Waals surface area contributed by atoms with Crippen LogP contribution in [-0.2, 0) is 24.4 Å². The van der Waals surface area contributed by atoms with Crippen LogP contribution < -0.4 is 20.3 Å². The number of piperidine rings is 3. The van der Waals surface area contributed by atoms with Crippen molar-refractivity contribution in [1.82, 2.24) is 19.5 Å². The number of thiophene rings is 1. The number of likely N-dealkylation sites (tertiary alicyclic amines) is 1. The van der Waals surface area contributed by atoms with Crippen LogP contribution in [0.25, 0.3) is 21.2 Å². The number of aromatic carboxylic acids is 1. The molecule has 6 aliphatic heterocycles. The van der Waals surface area contributed by atoms with Crippen molar-refractivity contribution in [2.75, 3.05) is 42.2 Å². The van der Waals surface area contributed by atoms with Crippen molar-refractivity contribution >= 4 is 91.0 Å². The van der Waals surface area contributed by atoms with E-state index in [1.807, 2.05) is 73.7 Å². The first-order valence-corrected chi connectivity index (χ1v) is 25.9. The summed E-state index contributed by atoms with van der Waals surface area (Å²) in [5.41, 5.74) is 4.71. The number of sulfonamides is 1. The Bertz CT molecular complexity index is 3120. The molecular weight excluding hydrogens is 958 g/mol. The Morgan fingerprint density at radius 2 is 1.79 bits per heavy atom. The number of hydrazone groups is 1. The Labute approximate surface area is 412 Å². The normalized spacial score (nSPS) is 22.5. The number of carbonyl (C=O) groups excluding carboxylic acids is 3. The van der Waals surface area contributed by atoms with Gasteiger partial charge in [-0.25, -0.2) is 18.0 Å². The fourth-order valence-electron chi connectivity index (χ4n) is 10.8. The summed E-state index contributed by atoms with van der Waals surface area (Å²) in [5, 5.41) is 33.1. The number of carboxylic acids is 2. The first-order valence-electron chi connectivity index (χ1n) is 23.1. The molecule has 1 aromatic heterocycles. The van der Waals surface area contributed by atoms with E-state index in [-0.39, 0.29) is 64.1 Å². The smallest absolute Gasteiger partial charge is 0.349 e. The van der Waals surface area contributed by atoms with Crippen LogP contribution in [-0.4, -0.2) is 124 Å². The molecule has 0 radical (unpaired) electrons. The van der Waals surface area contributed by atoms with Crippen LogP contribution in [0.3, 0.4) is 0 Å². The lowest BCUT2D eigenvalue weighted by Crippen LogP contribution is -2.55. The molecule has 3 atom stereocenters. The summed E-state index contributed by atoms with van der Waals surface area (Å²) in [6.07, 6.45) is 12.8. The number of hydrogen-bond donors (Lipinski definition) is 4. The summed E-state index contributed by atoms with van der Waals surface area (Å²) < 4.78 is 35.3. The number of benzene rings is 3. The number of allylic oxidation sites excluding steroid dienone is 2. The zero-order valence-electron chi connectivity index (χ0n) is 38.3. The number of amides is 3. The van der Waals surface area contributed by atoms with Crippen LogP contribution in [0.1, 0.15) is 83.9 Å². The maximum absolute atomic E-state index is 14.2. The van der Waals surface area contributed by atoms with Gasteiger partial charge < -0.3 is 25.2 Å². The lowest BCUT2D eigenvalue weighted by atomic mass is 9.85. The second kappa shape index (κ2) is 18.3. The zero-order valence-corrected chi connectivity index (χ0v) is 40.7. The van der Waals surface area contributed by atoms with Crippen molar-refractivity contribution in [1.29, 1.82) is 0 Å². The van der Waals surface area contributed by atoms with Crippen LogP contribution in [0.5, 0.6) is 5.75 Å². The van der Waals surface area contributed by atoms with Gasteiger partial charge in [0.2, 0.25) is 21.8 Å². The van der Waals surface area contributed by atoms with E-state index in [1.54, 1.807) is 27.4 Å². The molecule has 10 rings (SSSR count). The van der Waals surface area contributed by atoms with E-state index in [0.717, 1.165) is 65.0 Å². The van der Waals surface area contributed by atoms with Gasteiger partial charge in [-0.1, -0.05) is 48.0 Å². The summed E-state index contributed by atoms with van der Waals surface area (Å²) in [7, 11) is -3.75. The van der Waals surface area contributed by atoms with Gasteiger partial charge in [0, 0.05) is 60.5 Å². The third-order valence-corrected chi connectivity index (χ3v) is 17.7. The van der Waals surface area contributed by atoms with Gasteiger partial charge in [0.05, 0.1) is 34.3 Å². The molecule has 4 N–H and O–H groups in total. The molecule has 0 bridgehead atoms. The minimum atomic E-state index is -3.75. The van der Waals surface area contributed by atoms with Gasteiger partial charge in [0.25, 0.3) is 5.91 Å². The molecule has 6 aliphatic rings. The molecule has 3 unspecified atom stereocenters. The number of aliphatic carboxylic acids is 1. The van der Waals surface area contributed by atoms with Crippen molar-refractivity contribution in [2.45, 2.75) is 82.0 Å². The average molecular weight is 1010 g/mol. The highest BCUT2D eigenvalue weighted by atomic mass is 35.5. The Morgan fingerprint density at radius 1 is 1.00 bits per heavy atom.